The standard InChI is InChI=1S/C16H17NO3S/c18-16(19)13-3-1-2-4-14(13)20-9-8-17-7-5-15-12(11-17)6-10-21-15/h1-4,6,10H,5,7-9,11H2,(H,18,19). The molecule has 1 aromatic carbocycles. The summed E-state index contributed by atoms with van der Waals surface area (Å²) < 4.78 is 5.65. The Morgan fingerprint density at radius 3 is 3.05 bits per heavy atom. The molecule has 2 heterocycles. The number of carboxylic acids is 1. The Balaban J connectivity index is 1.54. The van der Waals surface area contributed by atoms with E-state index in [0.29, 0.717) is 12.4 Å². The van der Waals surface area contributed by atoms with Crippen molar-refractivity contribution in [1.29, 1.82) is 0 Å². The molecule has 1 aliphatic heterocycles. The average molecular weight is 303 g/mol. The lowest BCUT2D eigenvalue weighted by atomic mass is 10.1. The number of hydrogen-bond donors (Lipinski definition) is 1. The summed E-state index contributed by atoms with van der Waals surface area (Å²) in [6, 6.07) is 8.96. The van der Waals surface area contributed by atoms with Crippen LogP contribution in [0.4, 0.5) is 0 Å². The highest BCUT2D eigenvalue weighted by atomic mass is 32.1. The summed E-state index contributed by atoms with van der Waals surface area (Å²) in [5.74, 6) is -0.510. The van der Waals surface area contributed by atoms with Crippen LogP contribution in [0.1, 0.15) is 20.8 Å². The van der Waals surface area contributed by atoms with E-state index in [1.165, 1.54) is 10.4 Å². The van der Waals surface area contributed by atoms with Gasteiger partial charge in [0.05, 0.1) is 0 Å². The van der Waals surface area contributed by atoms with E-state index in [4.69, 9.17) is 9.84 Å². The number of aromatic carboxylic acids is 1. The average Bonchev–Trinajstić information content (AvgIpc) is 2.95. The molecule has 0 saturated heterocycles. The van der Waals surface area contributed by atoms with E-state index >= 15 is 0 Å². The second-order valence-electron chi connectivity index (χ2n) is 5.04. The van der Waals surface area contributed by atoms with Crippen LogP contribution in [0.5, 0.6) is 5.75 Å². The normalized spacial score (nSPS) is 14.7. The van der Waals surface area contributed by atoms with Gasteiger partial charge in [-0.25, -0.2) is 4.79 Å². The van der Waals surface area contributed by atoms with Crippen molar-refractivity contribution in [1.82, 2.24) is 4.90 Å². The Morgan fingerprint density at radius 2 is 2.19 bits per heavy atom. The molecule has 5 heteroatoms. The highest BCUT2D eigenvalue weighted by Crippen LogP contribution is 2.24. The lowest BCUT2D eigenvalue weighted by molar-refractivity contribution is 0.0691. The first-order valence-corrected chi connectivity index (χ1v) is 7.85. The van der Waals surface area contributed by atoms with Crippen molar-refractivity contribution in [3.05, 3.63) is 51.7 Å². The Labute approximate surface area is 127 Å². The van der Waals surface area contributed by atoms with Crippen molar-refractivity contribution < 1.29 is 14.6 Å². The van der Waals surface area contributed by atoms with Crippen molar-refractivity contribution >= 4 is 17.3 Å². The van der Waals surface area contributed by atoms with Crippen molar-refractivity contribution in [2.24, 2.45) is 0 Å². The maximum atomic E-state index is 11.1. The van der Waals surface area contributed by atoms with Crippen LogP contribution in [0.15, 0.2) is 35.7 Å². The molecule has 0 amide bonds. The van der Waals surface area contributed by atoms with Crippen molar-refractivity contribution in [2.45, 2.75) is 13.0 Å². The molecular weight excluding hydrogens is 286 g/mol. The lowest BCUT2D eigenvalue weighted by Crippen LogP contribution is -2.33. The first kappa shape index (κ1) is 14.1. The van der Waals surface area contributed by atoms with Gasteiger partial charge in [0.1, 0.15) is 17.9 Å². The summed E-state index contributed by atoms with van der Waals surface area (Å²) in [7, 11) is 0. The molecule has 21 heavy (non-hydrogen) atoms. The minimum atomic E-state index is -0.952. The van der Waals surface area contributed by atoms with Gasteiger partial charge in [-0.2, -0.15) is 0 Å². The van der Waals surface area contributed by atoms with Crippen LogP contribution in [0.3, 0.4) is 0 Å². The van der Waals surface area contributed by atoms with Gasteiger partial charge in [0.2, 0.25) is 0 Å². The largest absolute Gasteiger partial charge is 0.491 e. The Bertz CT molecular complexity index is 638. The number of benzene rings is 1. The van der Waals surface area contributed by atoms with Crippen LogP contribution in [-0.4, -0.2) is 35.7 Å². The summed E-state index contributed by atoms with van der Waals surface area (Å²) >= 11 is 1.83. The number of thiophene rings is 1. The van der Waals surface area contributed by atoms with Gasteiger partial charge in [-0.15, -0.1) is 11.3 Å². The van der Waals surface area contributed by atoms with Gasteiger partial charge < -0.3 is 9.84 Å². The third-order valence-electron chi connectivity index (χ3n) is 3.67. The number of nitrogens with zero attached hydrogens (tertiary/aromatic N) is 1. The van der Waals surface area contributed by atoms with Gasteiger partial charge in [-0.3, -0.25) is 4.90 Å². The molecule has 0 spiro atoms. The van der Waals surface area contributed by atoms with Crippen LogP contribution in [0.25, 0.3) is 0 Å². The predicted molar refractivity (Wildman–Crippen MR) is 82.2 cm³/mol. The number of carboxylic acid groups (broad SMARTS) is 1. The van der Waals surface area contributed by atoms with Gasteiger partial charge in [0.25, 0.3) is 0 Å². The van der Waals surface area contributed by atoms with Gasteiger partial charge in [-0.1, -0.05) is 12.1 Å². The van der Waals surface area contributed by atoms with E-state index < -0.39 is 5.97 Å². The molecule has 0 aliphatic carbocycles. The van der Waals surface area contributed by atoms with E-state index in [9.17, 15) is 4.79 Å². The molecular formula is C16H17NO3S. The second kappa shape index (κ2) is 6.28. The first-order valence-electron chi connectivity index (χ1n) is 6.97. The van der Waals surface area contributed by atoms with Crippen molar-refractivity contribution in [2.75, 3.05) is 19.7 Å². The Kier molecular flexibility index (Phi) is 4.22. The molecule has 1 aliphatic rings. The van der Waals surface area contributed by atoms with Crippen LogP contribution in [0.2, 0.25) is 0 Å². The number of carbonyl (C=O) groups is 1. The SMILES string of the molecule is O=C(O)c1ccccc1OCCN1CCc2sccc2C1. The minimum absolute atomic E-state index is 0.219. The smallest absolute Gasteiger partial charge is 0.339 e. The number of rotatable bonds is 5. The number of ether oxygens (including phenoxy) is 1. The minimum Gasteiger partial charge on any atom is -0.491 e. The molecule has 0 saturated carbocycles. The fourth-order valence-corrected chi connectivity index (χ4v) is 3.44. The zero-order valence-corrected chi connectivity index (χ0v) is 12.4. The van der Waals surface area contributed by atoms with Gasteiger partial charge in [0, 0.05) is 24.5 Å². The molecule has 1 aromatic heterocycles. The summed E-state index contributed by atoms with van der Waals surface area (Å²) in [5, 5.41) is 11.3. The molecule has 3 rings (SSSR count). The van der Waals surface area contributed by atoms with E-state index in [2.05, 4.69) is 16.3 Å². The third-order valence-corrected chi connectivity index (χ3v) is 4.69. The van der Waals surface area contributed by atoms with Crippen molar-refractivity contribution in [3.63, 3.8) is 0 Å². The van der Waals surface area contributed by atoms with Gasteiger partial charge >= 0.3 is 5.97 Å². The van der Waals surface area contributed by atoms with E-state index in [0.717, 1.165) is 26.1 Å². The topological polar surface area (TPSA) is 49.8 Å². The molecule has 1 N–H and O–H groups in total. The summed E-state index contributed by atoms with van der Waals surface area (Å²) in [4.78, 5) is 14.9. The fourth-order valence-electron chi connectivity index (χ4n) is 2.55. The molecule has 0 atom stereocenters. The van der Waals surface area contributed by atoms with Gasteiger partial charge in [-0.05, 0) is 35.6 Å². The summed E-state index contributed by atoms with van der Waals surface area (Å²) in [6.45, 7) is 3.31. The Hall–Kier alpha value is -1.85. The third kappa shape index (κ3) is 3.25. The van der Waals surface area contributed by atoms with E-state index in [1.807, 2.05) is 11.3 Å². The highest BCUT2D eigenvalue weighted by Gasteiger charge is 2.17. The van der Waals surface area contributed by atoms with Crippen molar-refractivity contribution in [3.8, 4) is 5.75 Å². The summed E-state index contributed by atoms with van der Waals surface area (Å²) in [6.07, 6.45) is 1.10. The number of hydrogen-bond acceptors (Lipinski definition) is 4. The van der Waals surface area contributed by atoms with Crippen LogP contribution in [-0.2, 0) is 13.0 Å². The molecule has 0 unspecified atom stereocenters. The maximum absolute atomic E-state index is 11.1. The van der Waals surface area contributed by atoms with E-state index in [1.54, 1.807) is 24.3 Å². The lowest BCUT2D eigenvalue weighted by Gasteiger charge is -2.26. The van der Waals surface area contributed by atoms with Crippen LogP contribution < -0.4 is 4.74 Å². The molecule has 4 nitrogen and oxygen atoms in total. The van der Waals surface area contributed by atoms with E-state index in [-0.39, 0.29) is 5.56 Å². The highest BCUT2D eigenvalue weighted by molar-refractivity contribution is 7.10. The first-order chi connectivity index (χ1) is 10.2. The fraction of sp³-hybridized carbons (Fsp3) is 0.312. The Morgan fingerprint density at radius 1 is 1.33 bits per heavy atom. The maximum Gasteiger partial charge on any atom is 0.339 e. The monoisotopic (exact) mass is 303 g/mol. The van der Waals surface area contributed by atoms with Crippen LogP contribution in [0, 0.1) is 0 Å². The predicted octanol–water partition coefficient (Wildman–Crippen LogP) is 2.88. The number of fused-ring (bicyclic) bond motifs is 1. The molecule has 0 radical (unpaired) electrons. The summed E-state index contributed by atoms with van der Waals surface area (Å²) in [5.41, 5.74) is 1.63. The number of para-hydroxylation sites is 1. The molecule has 2 aromatic rings. The second-order valence-corrected chi connectivity index (χ2v) is 6.05. The molecule has 0 bridgehead atoms. The molecule has 0 fully saturated rings. The quantitative estimate of drug-likeness (QED) is 0.923. The van der Waals surface area contributed by atoms with Crippen LogP contribution >= 0.6 is 11.3 Å². The zero-order valence-electron chi connectivity index (χ0n) is 11.6. The zero-order chi connectivity index (χ0) is 14.7. The molecule has 110 valence electrons. The van der Waals surface area contributed by atoms with Gasteiger partial charge in [0.15, 0.2) is 0 Å².